The number of nitrogens with one attached hydrogen (secondary N) is 1. The predicted octanol–water partition coefficient (Wildman–Crippen LogP) is 3.51. The first kappa shape index (κ1) is 17.1. The zero-order valence-electron chi connectivity index (χ0n) is 14.5. The molecule has 128 valence electrons. The maximum Gasteiger partial charge on any atom is 0.251 e. The number of aryl methyl sites for hydroxylation is 1. The van der Waals surface area contributed by atoms with E-state index in [0.717, 1.165) is 17.1 Å². The summed E-state index contributed by atoms with van der Waals surface area (Å²) >= 11 is 1.68. The average Bonchev–Trinajstić information content (AvgIpc) is 3.14. The summed E-state index contributed by atoms with van der Waals surface area (Å²) in [5.74, 6) is 1.30. The van der Waals surface area contributed by atoms with Crippen molar-refractivity contribution >= 4 is 23.1 Å². The number of nitrogens with zero attached hydrogens (tertiary/aromatic N) is 3. The van der Waals surface area contributed by atoms with E-state index in [-0.39, 0.29) is 5.91 Å². The molecule has 1 amide bonds. The number of carbonyl (C=O) groups is 1. The van der Waals surface area contributed by atoms with Gasteiger partial charge in [0.2, 0.25) is 0 Å². The molecule has 5 nitrogen and oxygen atoms in total. The van der Waals surface area contributed by atoms with Crippen LogP contribution in [0.2, 0.25) is 0 Å². The van der Waals surface area contributed by atoms with Crippen molar-refractivity contribution in [2.45, 2.75) is 13.5 Å². The Labute approximate surface area is 151 Å². The SMILES string of the molecule is Cc1cc(N(C)C)nc(CNC(=O)c2ccc(-c3cccs3)cc2)n1. The van der Waals surface area contributed by atoms with Crippen LogP contribution < -0.4 is 10.2 Å². The van der Waals surface area contributed by atoms with Gasteiger partial charge in [0.05, 0.1) is 6.54 Å². The zero-order chi connectivity index (χ0) is 17.8. The molecule has 0 bridgehead atoms. The topological polar surface area (TPSA) is 58.1 Å². The molecule has 0 spiro atoms. The summed E-state index contributed by atoms with van der Waals surface area (Å²) in [5, 5.41) is 4.92. The standard InChI is InChI=1S/C19H20N4OS/c1-13-11-18(23(2)3)22-17(21-13)12-20-19(24)15-8-6-14(7-9-15)16-5-4-10-25-16/h4-11H,12H2,1-3H3,(H,20,24). The second-order valence-corrected chi connectivity index (χ2v) is 6.86. The summed E-state index contributed by atoms with van der Waals surface area (Å²) in [6, 6.07) is 13.6. The maximum atomic E-state index is 12.3. The third-order valence-corrected chi connectivity index (χ3v) is 4.62. The fourth-order valence-corrected chi connectivity index (χ4v) is 3.14. The van der Waals surface area contributed by atoms with Crippen LogP contribution >= 0.6 is 11.3 Å². The second-order valence-electron chi connectivity index (χ2n) is 5.92. The second kappa shape index (κ2) is 7.44. The minimum absolute atomic E-state index is 0.130. The van der Waals surface area contributed by atoms with Crippen molar-refractivity contribution in [3.05, 3.63) is 64.9 Å². The molecule has 0 aliphatic carbocycles. The first-order valence-corrected chi connectivity index (χ1v) is 8.85. The largest absolute Gasteiger partial charge is 0.363 e. The van der Waals surface area contributed by atoms with Crippen molar-refractivity contribution in [1.29, 1.82) is 0 Å². The molecule has 2 heterocycles. The van der Waals surface area contributed by atoms with Gasteiger partial charge in [-0.25, -0.2) is 9.97 Å². The number of rotatable bonds is 5. The van der Waals surface area contributed by atoms with Crippen molar-refractivity contribution in [3.63, 3.8) is 0 Å². The van der Waals surface area contributed by atoms with Crippen molar-refractivity contribution < 1.29 is 4.79 Å². The Morgan fingerprint density at radius 3 is 2.56 bits per heavy atom. The van der Waals surface area contributed by atoms with Gasteiger partial charge in [0, 0.05) is 36.3 Å². The zero-order valence-corrected chi connectivity index (χ0v) is 15.3. The molecule has 0 atom stereocenters. The molecule has 3 rings (SSSR count). The van der Waals surface area contributed by atoms with Crippen LogP contribution in [0, 0.1) is 6.92 Å². The van der Waals surface area contributed by atoms with Gasteiger partial charge in [-0.15, -0.1) is 11.3 Å². The monoisotopic (exact) mass is 352 g/mol. The molecular weight excluding hydrogens is 332 g/mol. The number of thiophene rings is 1. The third kappa shape index (κ3) is 4.22. The number of amides is 1. The number of carbonyl (C=O) groups excluding carboxylic acids is 1. The van der Waals surface area contributed by atoms with Gasteiger partial charge >= 0.3 is 0 Å². The van der Waals surface area contributed by atoms with Gasteiger partial charge in [0.1, 0.15) is 11.6 Å². The van der Waals surface area contributed by atoms with Crippen molar-refractivity contribution in [2.75, 3.05) is 19.0 Å². The van der Waals surface area contributed by atoms with Gasteiger partial charge in [-0.3, -0.25) is 4.79 Å². The first-order chi connectivity index (χ1) is 12.0. The highest BCUT2D eigenvalue weighted by molar-refractivity contribution is 7.13. The summed E-state index contributed by atoms with van der Waals surface area (Å²) < 4.78 is 0. The lowest BCUT2D eigenvalue weighted by Crippen LogP contribution is -2.24. The van der Waals surface area contributed by atoms with E-state index in [1.54, 1.807) is 11.3 Å². The Hall–Kier alpha value is -2.73. The van der Waals surface area contributed by atoms with Crippen LogP contribution in [-0.2, 0) is 6.54 Å². The van der Waals surface area contributed by atoms with E-state index in [1.165, 1.54) is 4.88 Å². The van der Waals surface area contributed by atoms with Crippen LogP contribution in [0.1, 0.15) is 21.9 Å². The van der Waals surface area contributed by atoms with Gasteiger partial charge in [0.25, 0.3) is 5.91 Å². The normalized spacial score (nSPS) is 10.5. The van der Waals surface area contributed by atoms with Crippen LogP contribution in [0.4, 0.5) is 5.82 Å². The van der Waals surface area contributed by atoms with Crippen LogP contribution in [0.25, 0.3) is 10.4 Å². The fourth-order valence-electron chi connectivity index (χ4n) is 2.41. The summed E-state index contributed by atoms with van der Waals surface area (Å²) in [6.45, 7) is 2.22. The number of hydrogen-bond acceptors (Lipinski definition) is 5. The van der Waals surface area contributed by atoms with Crippen molar-refractivity contribution in [3.8, 4) is 10.4 Å². The minimum Gasteiger partial charge on any atom is -0.363 e. The fraction of sp³-hybridized carbons (Fsp3) is 0.211. The number of aromatic nitrogens is 2. The Morgan fingerprint density at radius 2 is 1.92 bits per heavy atom. The maximum absolute atomic E-state index is 12.3. The molecule has 3 aromatic rings. The quantitative estimate of drug-likeness (QED) is 0.763. The van der Waals surface area contributed by atoms with E-state index >= 15 is 0 Å². The van der Waals surface area contributed by atoms with Gasteiger partial charge in [0.15, 0.2) is 0 Å². The predicted molar refractivity (Wildman–Crippen MR) is 102 cm³/mol. The van der Waals surface area contributed by atoms with Gasteiger partial charge in [-0.2, -0.15) is 0 Å². The molecule has 1 N–H and O–H groups in total. The summed E-state index contributed by atoms with van der Waals surface area (Å²) in [4.78, 5) is 24.3. The Kier molecular flexibility index (Phi) is 5.09. The van der Waals surface area contributed by atoms with Crippen LogP contribution in [0.5, 0.6) is 0 Å². The molecule has 2 aromatic heterocycles. The lowest BCUT2D eigenvalue weighted by molar-refractivity contribution is 0.0950. The summed E-state index contributed by atoms with van der Waals surface area (Å²) in [7, 11) is 3.86. The third-order valence-electron chi connectivity index (χ3n) is 3.71. The highest BCUT2D eigenvalue weighted by Gasteiger charge is 2.09. The van der Waals surface area contributed by atoms with Crippen molar-refractivity contribution in [1.82, 2.24) is 15.3 Å². The van der Waals surface area contributed by atoms with E-state index in [2.05, 4.69) is 21.4 Å². The Balaban J connectivity index is 1.67. The molecule has 6 heteroatoms. The average molecular weight is 352 g/mol. The van der Waals surface area contributed by atoms with Crippen LogP contribution in [-0.4, -0.2) is 30.0 Å². The molecule has 0 unspecified atom stereocenters. The highest BCUT2D eigenvalue weighted by Crippen LogP contribution is 2.24. The molecule has 25 heavy (non-hydrogen) atoms. The molecule has 0 radical (unpaired) electrons. The Bertz CT molecular complexity index is 858. The van der Waals surface area contributed by atoms with Crippen LogP contribution in [0.3, 0.4) is 0 Å². The molecule has 1 aromatic carbocycles. The minimum atomic E-state index is -0.130. The molecule has 0 saturated carbocycles. The van der Waals surface area contributed by atoms with E-state index in [0.29, 0.717) is 17.9 Å². The molecule has 0 aliphatic heterocycles. The molecule has 0 saturated heterocycles. The smallest absolute Gasteiger partial charge is 0.251 e. The molecule has 0 aliphatic rings. The van der Waals surface area contributed by atoms with E-state index in [9.17, 15) is 4.79 Å². The number of benzene rings is 1. The van der Waals surface area contributed by atoms with Gasteiger partial charge < -0.3 is 10.2 Å². The van der Waals surface area contributed by atoms with E-state index < -0.39 is 0 Å². The number of hydrogen-bond donors (Lipinski definition) is 1. The lowest BCUT2D eigenvalue weighted by Gasteiger charge is -2.13. The molecule has 0 fully saturated rings. The summed E-state index contributed by atoms with van der Waals surface area (Å²) in [6.07, 6.45) is 0. The van der Waals surface area contributed by atoms with Crippen molar-refractivity contribution in [2.24, 2.45) is 0 Å². The van der Waals surface area contributed by atoms with E-state index in [1.807, 2.05) is 67.7 Å². The van der Waals surface area contributed by atoms with Gasteiger partial charge in [-0.1, -0.05) is 18.2 Å². The summed E-state index contributed by atoms with van der Waals surface area (Å²) in [5.41, 5.74) is 2.62. The lowest BCUT2D eigenvalue weighted by atomic mass is 10.1. The first-order valence-electron chi connectivity index (χ1n) is 7.97. The van der Waals surface area contributed by atoms with Crippen LogP contribution in [0.15, 0.2) is 47.8 Å². The highest BCUT2D eigenvalue weighted by atomic mass is 32.1. The van der Waals surface area contributed by atoms with E-state index in [4.69, 9.17) is 0 Å². The Morgan fingerprint density at radius 1 is 1.16 bits per heavy atom. The number of anilines is 1. The van der Waals surface area contributed by atoms with Gasteiger partial charge in [-0.05, 0) is 36.1 Å². The molecular formula is C19H20N4OS.